The van der Waals surface area contributed by atoms with E-state index in [0.717, 1.165) is 25.7 Å². The van der Waals surface area contributed by atoms with E-state index in [4.69, 9.17) is 4.74 Å². The fraction of sp³-hybridized carbons (Fsp3) is 0.900. The molecule has 2 nitrogen and oxygen atoms in total. The number of hydrogen-bond donors (Lipinski definition) is 0. The molecule has 3 heteroatoms. The van der Waals surface area contributed by atoms with Crippen molar-refractivity contribution in [3.8, 4) is 0 Å². The number of esters is 1. The lowest BCUT2D eigenvalue weighted by Gasteiger charge is -2.05. The molecule has 0 aromatic heterocycles. The first-order valence-corrected chi connectivity index (χ1v) is 6.21. The Morgan fingerprint density at radius 1 is 1.46 bits per heavy atom. The minimum atomic E-state index is -0.0389. The van der Waals surface area contributed by atoms with Gasteiger partial charge in [-0.15, -0.1) is 0 Å². The van der Waals surface area contributed by atoms with E-state index in [1.807, 2.05) is 0 Å². The van der Waals surface area contributed by atoms with Crippen molar-refractivity contribution in [1.29, 1.82) is 0 Å². The molecule has 1 atom stereocenters. The highest BCUT2D eigenvalue weighted by Gasteiger charge is 2.01. The number of unbranched alkanes of at least 4 members (excludes halogenated alkanes) is 1. The van der Waals surface area contributed by atoms with E-state index in [0.29, 0.717) is 17.0 Å². The van der Waals surface area contributed by atoms with Gasteiger partial charge in [-0.1, -0.05) is 42.9 Å². The van der Waals surface area contributed by atoms with Crippen LogP contribution in [-0.4, -0.2) is 16.5 Å². The molecule has 0 saturated heterocycles. The highest BCUT2D eigenvalue weighted by Crippen LogP contribution is 2.07. The Labute approximate surface area is 94.6 Å². The average Bonchev–Trinajstić information content (AvgIpc) is 2.08. The lowest BCUT2D eigenvalue weighted by molar-refractivity contribution is -0.143. The van der Waals surface area contributed by atoms with Gasteiger partial charge in [0, 0.05) is 10.3 Å². The third-order valence-corrected chi connectivity index (χ3v) is 2.37. The molecule has 0 radical (unpaired) electrons. The molecule has 0 aliphatic rings. The summed E-state index contributed by atoms with van der Waals surface area (Å²) in [5, 5.41) is 0. The number of ether oxygens (including phenoxy) is 1. The summed E-state index contributed by atoms with van der Waals surface area (Å²) in [5.74, 6) is -0.0389. The van der Waals surface area contributed by atoms with Crippen LogP contribution in [0.3, 0.4) is 0 Å². The first kappa shape index (κ1) is 13.2. The smallest absolute Gasteiger partial charge is 0.305 e. The zero-order chi connectivity index (χ0) is 10.1. The van der Waals surface area contributed by atoms with Crippen LogP contribution in [0.1, 0.15) is 46.0 Å². The van der Waals surface area contributed by atoms with Gasteiger partial charge in [-0.05, 0) is 19.3 Å². The number of alkyl halides is 1. The molecule has 0 aliphatic heterocycles. The standard InChI is InChI=1S/C10H19IO2/c1-3-4-7-10(12)13-8-5-6-9(2)11/h9H,3-8H2,1-2H3. The second kappa shape index (κ2) is 8.78. The molecule has 0 saturated carbocycles. The number of carbonyl (C=O) groups is 1. The molecule has 0 spiro atoms. The van der Waals surface area contributed by atoms with Gasteiger partial charge in [0.05, 0.1) is 6.61 Å². The van der Waals surface area contributed by atoms with Gasteiger partial charge in [0.15, 0.2) is 0 Å². The van der Waals surface area contributed by atoms with E-state index >= 15 is 0 Å². The van der Waals surface area contributed by atoms with E-state index in [1.54, 1.807) is 0 Å². The molecule has 0 aromatic carbocycles. The Bertz CT molecular complexity index is 135. The Balaban J connectivity index is 3.17. The lowest BCUT2D eigenvalue weighted by Crippen LogP contribution is -2.06. The van der Waals surface area contributed by atoms with E-state index < -0.39 is 0 Å². The van der Waals surface area contributed by atoms with Crippen LogP contribution in [0.5, 0.6) is 0 Å². The third kappa shape index (κ3) is 10.1. The lowest BCUT2D eigenvalue weighted by atomic mass is 10.2. The Kier molecular flexibility index (Phi) is 8.92. The summed E-state index contributed by atoms with van der Waals surface area (Å²) in [5.41, 5.74) is 0. The summed E-state index contributed by atoms with van der Waals surface area (Å²) >= 11 is 2.38. The monoisotopic (exact) mass is 298 g/mol. The highest BCUT2D eigenvalue weighted by molar-refractivity contribution is 14.1. The van der Waals surface area contributed by atoms with Crippen LogP contribution in [0, 0.1) is 0 Å². The Morgan fingerprint density at radius 3 is 2.69 bits per heavy atom. The van der Waals surface area contributed by atoms with Crippen LogP contribution in [0.2, 0.25) is 0 Å². The number of hydrogen-bond acceptors (Lipinski definition) is 2. The maximum atomic E-state index is 11.0. The van der Waals surface area contributed by atoms with Crippen molar-refractivity contribution in [2.45, 2.75) is 49.9 Å². The molecule has 13 heavy (non-hydrogen) atoms. The van der Waals surface area contributed by atoms with Crippen LogP contribution >= 0.6 is 22.6 Å². The average molecular weight is 298 g/mol. The molecule has 0 fully saturated rings. The van der Waals surface area contributed by atoms with E-state index in [-0.39, 0.29) is 5.97 Å². The second-order valence-corrected chi connectivity index (χ2v) is 5.37. The summed E-state index contributed by atoms with van der Waals surface area (Å²) in [6, 6.07) is 0. The third-order valence-electron chi connectivity index (χ3n) is 1.74. The second-order valence-electron chi connectivity index (χ2n) is 3.25. The minimum Gasteiger partial charge on any atom is -0.466 e. The van der Waals surface area contributed by atoms with Crippen LogP contribution in [0.15, 0.2) is 0 Å². The van der Waals surface area contributed by atoms with E-state index in [9.17, 15) is 4.79 Å². The van der Waals surface area contributed by atoms with Crippen LogP contribution in [0.25, 0.3) is 0 Å². The molecule has 0 bridgehead atoms. The van der Waals surface area contributed by atoms with Gasteiger partial charge in [0.2, 0.25) is 0 Å². The van der Waals surface area contributed by atoms with Crippen molar-refractivity contribution in [3.63, 3.8) is 0 Å². The van der Waals surface area contributed by atoms with Crippen molar-refractivity contribution < 1.29 is 9.53 Å². The zero-order valence-electron chi connectivity index (χ0n) is 8.51. The van der Waals surface area contributed by atoms with Crippen molar-refractivity contribution in [2.75, 3.05) is 6.61 Å². The zero-order valence-corrected chi connectivity index (χ0v) is 10.7. The Hall–Kier alpha value is 0.200. The molecular weight excluding hydrogens is 279 g/mol. The minimum absolute atomic E-state index is 0.0389. The van der Waals surface area contributed by atoms with Crippen molar-refractivity contribution in [2.24, 2.45) is 0 Å². The van der Waals surface area contributed by atoms with Crippen molar-refractivity contribution in [3.05, 3.63) is 0 Å². The van der Waals surface area contributed by atoms with Crippen LogP contribution in [-0.2, 0) is 9.53 Å². The molecule has 0 amide bonds. The highest BCUT2D eigenvalue weighted by atomic mass is 127. The van der Waals surface area contributed by atoms with Crippen molar-refractivity contribution >= 4 is 28.6 Å². The predicted octanol–water partition coefficient (Wildman–Crippen LogP) is 3.32. The molecule has 0 N–H and O–H groups in total. The molecule has 0 aliphatic carbocycles. The summed E-state index contributed by atoms with van der Waals surface area (Å²) in [7, 11) is 0. The first-order valence-electron chi connectivity index (χ1n) is 4.96. The SMILES string of the molecule is CCCCC(=O)OCCCC(C)I. The fourth-order valence-corrected chi connectivity index (χ4v) is 1.38. The summed E-state index contributed by atoms with van der Waals surface area (Å²) in [6.45, 7) is 4.83. The topological polar surface area (TPSA) is 26.3 Å². The largest absolute Gasteiger partial charge is 0.466 e. The van der Waals surface area contributed by atoms with Gasteiger partial charge in [0.25, 0.3) is 0 Å². The van der Waals surface area contributed by atoms with Crippen LogP contribution < -0.4 is 0 Å². The number of rotatable bonds is 7. The van der Waals surface area contributed by atoms with Gasteiger partial charge in [-0.3, -0.25) is 4.79 Å². The predicted molar refractivity (Wildman–Crippen MR) is 63.2 cm³/mol. The summed E-state index contributed by atoms with van der Waals surface area (Å²) in [4.78, 5) is 11.0. The van der Waals surface area contributed by atoms with Gasteiger partial charge in [-0.2, -0.15) is 0 Å². The summed E-state index contributed by atoms with van der Waals surface area (Å²) < 4.78 is 5.73. The molecular formula is C10H19IO2. The fourth-order valence-electron chi connectivity index (χ4n) is 0.944. The van der Waals surface area contributed by atoms with E-state index in [1.165, 1.54) is 0 Å². The van der Waals surface area contributed by atoms with Gasteiger partial charge < -0.3 is 4.74 Å². The molecule has 1 unspecified atom stereocenters. The normalized spacial score (nSPS) is 12.5. The van der Waals surface area contributed by atoms with Crippen LogP contribution in [0.4, 0.5) is 0 Å². The first-order chi connectivity index (χ1) is 6.16. The quantitative estimate of drug-likeness (QED) is 0.312. The van der Waals surface area contributed by atoms with Crippen molar-refractivity contribution in [1.82, 2.24) is 0 Å². The molecule has 0 rings (SSSR count). The number of carbonyl (C=O) groups excluding carboxylic acids is 1. The maximum Gasteiger partial charge on any atom is 0.305 e. The Morgan fingerprint density at radius 2 is 2.15 bits per heavy atom. The van der Waals surface area contributed by atoms with E-state index in [2.05, 4.69) is 36.4 Å². The maximum absolute atomic E-state index is 11.0. The van der Waals surface area contributed by atoms with Gasteiger partial charge in [-0.25, -0.2) is 0 Å². The van der Waals surface area contributed by atoms with Gasteiger partial charge >= 0.3 is 5.97 Å². The molecule has 0 aromatic rings. The van der Waals surface area contributed by atoms with Gasteiger partial charge in [0.1, 0.15) is 0 Å². The summed E-state index contributed by atoms with van der Waals surface area (Å²) in [6.07, 6.45) is 4.70. The molecule has 0 heterocycles. The number of halogens is 1. The molecule has 78 valence electrons.